The second kappa shape index (κ2) is 12.9. The Morgan fingerprint density at radius 3 is 2.34 bits per heavy atom. The molecule has 0 unspecified atom stereocenters. The molecule has 9 aromatic rings. The molecule has 0 saturated heterocycles. The minimum Gasteiger partial charge on any atom is -0.456 e. The topological polar surface area (TPSA) is 55.1 Å². The van der Waals surface area contributed by atoms with Crippen LogP contribution in [0.3, 0.4) is 0 Å². The van der Waals surface area contributed by atoms with Gasteiger partial charge in [0.15, 0.2) is 11.7 Å². The van der Waals surface area contributed by atoms with Gasteiger partial charge in [-0.3, -0.25) is 4.99 Å². The van der Waals surface area contributed by atoms with E-state index in [1.807, 2.05) is 48.6 Å². The third-order valence-corrected chi connectivity index (χ3v) is 11.2. The van der Waals surface area contributed by atoms with Crippen LogP contribution in [-0.2, 0) is 6.54 Å². The SMILES string of the molecule is C=N/C(=N\C(=N/Cc1ccccc1)c1cc(-n2c3ccccc3c3cc4c(cc32)oc2ccccc24)cc2c1sc1ccccc12)C1=CC=CC=CC1. The fourth-order valence-corrected chi connectivity index (χ4v) is 8.75. The molecule has 0 bridgehead atoms. The zero-order chi connectivity index (χ0) is 35.3. The Kier molecular flexibility index (Phi) is 7.55. The second-order valence-electron chi connectivity index (χ2n) is 13.2. The molecule has 252 valence electrons. The van der Waals surface area contributed by atoms with Gasteiger partial charge in [0.05, 0.1) is 17.6 Å². The molecule has 10 rings (SSSR count). The largest absolute Gasteiger partial charge is 0.456 e. The molecule has 0 amide bonds. The Morgan fingerprint density at radius 2 is 1.45 bits per heavy atom. The average Bonchev–Trinajstić information content (AvgIpc) is 3.78. The van der Waals surface area contributed by atoms with Gasteiger partial charge in [-0.2, -0.15) is 0 Å². The van der Waals surface area contributed by atoms with Crippen molar-refractivity contribution in [3.05, 3.63) is 174 Å². The number of rotatable bonds is 5. The molecule has 6 aromatic carbocycles. The maximum absolute atomic E-state index is 6.44. The maximum atomic E-state index is 6.44. The molecule has 53 heavy (non-hydrogen) atoms. The number of hydrogen-bond acceptors (Lipinski definition) is 3. The number of aliphatic imine (C=N–C) groups is 3. The lowest BCUT2D eigenvalue weighted by Gasteiger charge is -2.13. The summed E-state index contributed by atoms with van der Waals surface area (Å²) in [6.45, 7) is 4.43. The summed E-state index contributed by atoms with van der Waals surface area (Å²) in [5.74, 6) is 1.19. The van der Waals surface area contributed by atoms with Crippen LogP contribution in [-0.4, -0.2) is 23.0 Å². The van der Waals surface area contributed by atoms with E-state index < -0.39 is 0 Å². The van der Waals surface area contributed by atoms with E-state index >= 15 is 0 Å². The Hall–Kier alpha value is -6.63. The molecule has 0 aliphatic heterocycles. The lowest BCUT2D eigenvalue weighted by Crippen LogP contribution is -2.08. The fourth-order valence-electron chi connectivity index (χ4n) is 7.56. The molecule has 3 heterocycles. The molecular weight excluding hydrogens is 669 g/mol. The zero-order valence-corrected chi connectivity index (χ0v) is 29.6. The first-order valence-electron chi connectivity index (χ1n) is 17.7. The van der Waals surface area contributed by atoms with Crippen LogP contribution in [0.1, 0.15) is 17.5 Å². The summed E-state index contributed by atoms with van der Waals surface area (Å²) in [5.41, 5.74) is 8.00. The molecule has 0 N–H and O–H groups in total. The molecule has 6 heteroatoms. The highest BCUT2D eigenvalue weighted by Gasteiger charge is 2.21. The second-order valence-corrected chi connectivity index (χ2v) is 14.3. The van der Waals surface area contributed by atoms with Crippen molar-refractivity contribution in [1.82, 2.24) is 4.57 Å². The quantitative estimate of drug-likeness (QED) is 0.130. The highest BCUT2D eigenvalue weighted by molar-refractivity contribution is 7.26. The summed E-state index contributed by atoms with van der Waals surface area (Å²) in [4.78, 5) is 15.0. The van der Waals surface area contributed by atoms with Gasteiger partial charge in [-0.25, -0.2) is 9.98 Å². The highest BCUT2D eigenvalue weighted by atomic mass is 32.1. The van der Waals surface area contributed by atoms with Crippen LogP contribution < -0.4 is 0 Å². The van der Waals surface area contributed by atoms with Gasteiger partial charge < -0.3 is 8.98 Å². The van der Waals surface area contributed by atoms with Gasteiger partial charge in [0.25, 0.3) is 0 Å². The summed E-state index contributed by atoms with van der Waals surface area (Å²) >= 11 is 1.77. The molecule has 1 aliphatic carbocycles. The van der Waals surface area contributed by atoms with Crippen molar-refractivity contribution in [3.8, 4) is 5.69 Å². The standard InChI is InChI=1S/C47H32N4OS/c1-48-46(31-17-7-2-3-8-18-31)50-47(49-29-30-15-5-4-6-16-30)39-26-32(25-38-35-21-11-14-24-44(35)53-45(38)39)51-40-22-12-9-19-33(40)36-27-37-34-20-10-13-23-42(34)52-43(37)28-41(36)51/h2-17,19-28H,1,18,29H2/b49-47-,50-46-. The van der Waals surface area contributed by atoms with Gasteiger partial charge in [-0.15, -0.1) is 11.3 Å². The number of amidine groups is 2. The van der Waals surface area contributed by atoms with E-state index in [1.54, 1.807) is 11.3 Å². The lowest BCUT2D eigenvalue weighted by molar-refractivity contribution is 0.669. The Balaban J connectivity index is 1.28. The molecule has 0 spiro atoms. The van der Waals surface area contributed by atoms with Gasteiger partial charge in [0.1, 0.15) is 11.2 Å². The molecule has 0 atom stereocenters. The molecular formula is C47H32N4OS. The number of benzene rings is 6. The molecule has 0 saturated carbocycles. The van der Waals surface area contributed by atoms with Crippen LogP contribution in [0.4, 0.5) is 0 Å². The summed E-state index contributed by atoms with van der Waals surface area (Å²) in [7, 11) is 0. The zero-order valence-electron chi connectivity index (χ0n) is 28.7. The van der Waals surface area contributed by atoms with Crippen LogP contribution in [0.25, 0.3) is 69.6 Å². The number of furan rings is 1. The third-order valence-electron chi connectivity index (χ3n) is 10.0. The number of thiophene rings is 1. The van der Waals surface area contributed by atoms with E-state index in [1.165, 1.54) is 20.9 Å². The first kappa shape index (κ1) is 31.1. The summed E-state index contributed by atoms with van der Waals surface area (Å²) in [6.07, 6.45) is 11.0. The van der Waals surface area contributed by atoms with Gasteiger partial charge in [0, 0.05) is 64.6 Å². The summed E-state index contributed by atoms with van der Waals surface area (Å²) in [5, 5.41) is 6.94. The van der Waals surface area contributed by atoms with Crippen molar-refractivity contribution in [1.29, 1.82) is 0 Å². The third kappa shape index (κ3) is 5.34. The van der Waals surface area contributed by atoms with Crippen LogP contribution in [0.5, 0.6) is 0 Å². The fraction of sp³-hybridized carbons (Fsp3) is 0.0426. The number of para-hydroxylation sites is 2. The molecule has 1 aliphatic rings. The van der Waals surface area contributed by atoms with Gasteiger partial charge >= 0.3 is 0 Å². The van der Waals surface area contributed by atoms with Gasteiger partial charge in [-0.1, -0.05) is 115 Å². The van der Waals surface area contributed by atoms with Crippen LogP contribution >= 0.6 is 11.3 Å². The molecule has 0 fully saturated rings. The predicted octanol–water partition coefficient (Wildman–Crippen LogP) is 12.5. The van der Waals surface area contributed by atoms with Gasteiger partial charge in [0.2, 0.25) is 0 Å². The van der Waals surface area contributed by atoms with Crippen molar-refractivity contribution >= 4 is 93.6 Å². The average molecular weight is 701 g/mol. The first-order valence-corrected chi connectivity index (χ1v) is 18.5. The number of nitrogens with zero attached hydrogens (tertiary/aromatic N) is 4. The maximum Gasteiger partial charge on any atom is 0.158 e. The van der Waals surface area contributed by atoms with Crippen LogP contribution in [0.2, 0.25) is 0 Å². The highest BCUT2D eigenvalue weighted by Crippen LogP contribution is 2.42. The monoisotopic (exact) mass is 700 g/mol. The Bertz CT molecular complexity index is 3080. The van der Waals surface area contributed by atoms with Gasteiger partial charge in [-0.05, 0) is 55.1 Å². The van der Waals surface area contributed by atoms with Crippen molar-refractivity contribution in [2.24, 2.45) is 15.0 Å². The van der Waals surface area contributed by atoms with Crippen molar-refractivity contribution in [3.63, 3.8) is 0 Å². The first-order chi connectivity index (χ1) is 26.2. The van der Waals surface area contributed by atoms with E-state index in [4.69, 9.17) is 14.4 Å². The number of hydrogen-bond donors (Lipinski definition) is 0. The summed E-state index contributed by atoms with van der Waals surface area (Å²) in [6, 6.07) is 44.9. The van der Waals surface area contributed by atoms with Crippen LogP contribution in [0.15, 0.2) is 183 Å². The number of aromatic nitrogens is 1. The van der Waals surface area contributed by atoms with E-state index in [9.17, 15) is 0 Å². The van der Waals surface area contributed by atoms with E-state index in [0.29, 0.717) is 24.6 Å². The smallest absolute Gasteiger partial charge is 0.158 e. The number of fused-ring (bicyclic) bond motifs is 9. The predicted molar refractivity (Wildman–Crippen MR) is 226 cm³/mol. The normalized spacial score (nSPS) is 13.9. The Labute approximate surface area is 309 Å². The van der Waals surface area contributed by atoms with Crippen molar-refractivity contribution in [2.45, 2.75) is 13.0 Å². The molecule has 3 aromatic heterocycles. The van der Waals surface area contributed by atoms with E-state index in [0.717, 1.165) is 65.4 Å². The van der Waals surface area contributed by atoms with E-state index in [-0.39, 0.29) is 0 Å². The van der Waals surface area contributed by atoms with Crippen molar-refractivity contribution < 1.29 is 4.42 Å². The molecule has 5 nitrogen and oxygen atoms in total. The minimum atomic E-state index is 0.471. The van der Waals surface area contributed by atoms with Crippen LogP contribution in [0, 0.1) is 0 Å². The number of allylic oxidation sites excluding steroid dienone is 5. The van der Waals surface area contributed by atoms with E-state index in [2.05, 4.69) is 125 Å². The lowest BCUT2D eigenvalue weighted by atomic mass is 10.1. The molecule has 0 radical (unpaired) electrons. The minimum absolute atomic E-state index is 0.471. The summed E-state index contributed by atoms with van der Waals surface area (Å²) < 4.78 is 11.1. The van der Waals surface area contributed by atoms with Crippen molar-refractivity contribution in [2.75, 3.05) is 0 Å². The Morgan fingerprint density at radius 1 is 0.660 bits per heavy atom.